The highest BCUT2D eigenvalue weighted by atomic mass is 32.1. The van der Waals surface area contributed by atoms with Gasteiger partial charge in [-0.15, -0.1) is 5.10 Å². The highest BCUT2D eigenvalue weighted by Crippen LogP contribution is 2.14. The molecule has 1 rings (SSSR count). The van der Waals surface area contributed by atoms with Gasteiger partial charge in [-0.25, -0.2) is 0 Å². The number of aromatic amines is 1. The van der Waals surface area contributed by atoms with Crippen LogP contribution in [0.5, 0.6) is 0 Å². The Morgan fingerprint density at radius 3 is 3.00 bits per heavy atom. The second-order valence-electron chi connectivity index (χ2n) is 1.66. The molecule has 0 unspecified atom stereocenters. The summed E-state index contributed by atoms with van der Waals surface area (Å²) < 4.78 is 0. The van der Waals surface area contributed by atoms with E-state index in [1.54, 1.807) is 0 Å². The molecule has 1 aromatic rings. The van der Waals surface area contributed by atoms with E-state index in [1.165, 1.54) is 6.20 Å². The molecule has 0 aliphatic rings. The molecule has 54 valence electrons. The van der Waals surface area contributed by atoms with Gasteiger partial charge in [0.2, 0.25) is 0 Å². The molecule has 0 saturated carbocycles. The number of aromatic nitrogens is 2. The molecule has 0 aliphatic carbocycles. The summed E-state index contributed by atoms with van der Waals surface area (Å²) in [5, 5.41) is 15.9. The summed E-state index contributed by atoms with van der Waals surface area (Å²) in [7, 11) is 0. The first-order valence-corrected chi connectivity index (χ1v) is 3.16. The van der Waals surface area contributed by atoms with Crippen LogP contribution in [0.4, 0.5) is 5.82 Å². The van der Waals surface area contributed by atoms with Gasteiger partial charge in [0, 0.05) is 5.75 Å². The molecule has 0 aromatic carbocycles. The van der Waals surface area contributed by atoms with Crippen LogP contribution in [0, 0.1) is 10.1 Å². The van der Waals surface area contributed by atoms with Crippen molar-refractivity contribution >= 4 is 18.4 Å². The van der Waals surface area contributed by atoms with Gasteiger partial charge in [-0.05, 0) is 4.92 Å². The van der Waals surface area contributed by atoms with Crippen LogP contribution in [0.15, 0.2) is 6.20 Å². The van der Waals surface area contributed by atoms with Gasteiger partial charge in [0.15, 0.2) is 0 Å². The van der Waals surface area contributed by atoms with Gasteiger partial charge >= 0.3 is 5.82 Å². The fraction of sp³-hybridized carbons (Fsp3) is 0.250. The summed E-state index contributed by atoms with van der Waals surface area (Å²) >= 11 is 3.88. The Hall–Kier alpha value is -1.04. The van der Waals surface area contributed by atoms with Crippen LogP contribution in [0.25, 0.3) is 0 Å². The second-order valence-corrected chi connectivity index (χ2v) is 1.98. The molecule has 0 aliphatic heterocycles. The van der Waals surface area contributed by atoms with Crippen molar-refractivity contribution in [1.82, 2.24) is 10.2 Å². The number of rotatable bonds is 2. The van der Waals surface area contributed by atoms with Crippen molar-refractivity contribution in [3.63, 3.8) is 0 Å². The Morgan fingerprint density at radius 2 is 2.60 bits per heavy atom. The number of H-pyrrole nitrogens is 1. The van der Waals surface area contributed by atoms with E-state index in [1.807, 2.05) is 0 Å². The molecule has 0 fully saturated rings. The Bertz CT molecular complexity index is 246. The maximum Gasteiger partial charge on any atom is 0.346 e. The maximum absolute atomic E-state index is 10.1. The van der Waals surface area contributed by atoms with Gasteiger partial charge in [-0.3, -0.25) is 0 Å². The van der Waals surface area contributed by atoms with E-state index >= 15 is 0 Å². The Kier molecular flexibility index (Phi) is 1.91. The number of nitrogens with zero attached hydrogens (tertiary/aromatic N) is 2. The number of nitro groups is 1. The van der Waals surface area contributed by atoms with Gasteiger partial charge < -0.3 is 10.1 Å². The largest absolute Gasteiger partial charge is 0.358 e. The molecule has 10 heavy (non-hydrogen) atoms. The van der Waals surface area contributed by atoms with E-state index in [2.05, 4.69) is 22.8 Å². The third-order valence-electron chi connectivity index (χ3n) is 1.05. The van der Waals surface area contributed by atoms with E-state index in [9.17, 15) is 10.1 Å². The van der Waals surface area contributed by atoms with Gasteiger partial charge in [0.05, 0.1) is 11.8 Å². The number of hydrogen-bond acceptors (Lipinski definition) is 4. The number of hydrogen-bond donors (Lipinski definition) is 2. The fourth-order valence-corrected chi connectivity index (χ4v) is 0.809. The summed E-state index contributed by atoms with van der Waals surface area (Å²) in [6.07, 6.45) is 1.39. The molecule has 0 spiro atoms. The van der Waals surface area contributed by atoms with Crippen LogP contribution >= 0.6 is 12.6 Å². The summed E-state index contributed by atoms with van der Waals surface area (Å²) in [6.45, 7) is 0. The van der Waals surface area contributed by atoms with Crippen LogP contribution in [-0.4, -0.2) is 15.1 Å². The first-order chi connectivity index (χ1) is 4.75. The molecule has 1 N–H and O–H groups in total. The molecule has 0 radical (unpaired) electrons. The van der Waals surface area contributed by atoms with Crippen LogP contribution in [0.1, 0.15) is 5.56 Å². The maximum atomic E-state index is 10.1. The van der Waals surface area contributed by atoms with Crippen LogP contribution in [-0.2, 0) is 5.75 Å². The van der Waals surface area contributed by atoms with Gasteiger partial charge in [-0.2, -0.15) is 12.6 Å². The van der Waals surface area contributed by atoms with E-state index in [-0.39, 0.29) is 5.82 Å². The minimum Gasteiger partial charge on any atom is -0.358 e. The number of nitrogens with one attached hydrogen (secondary N) is 1. The monoisotopic (exact) mass is 159 g/mol. The van der Waals surface area contributed by atoms with Gasteiger partial charge in [-0.1, -0.05) is 5.10 Å². The predicted octanol–water partition coefficient (Wildman–Crippen LogP) is 0.748. The van der Waals surface area contributed by atoms with E-state index < -0.39 is 4.92 Å². The standard InChI is InChI=1S/C4H5N3O2S/c8-7(9)4-3(2-10)1-5-6-4/h1,10H,2H2,(H,5,6). The topological polar surface area (TPSA) is 71.8 Å². The minimum absolute atomic E-state index is 0.0741. The quantitative estimate of drug-likeness (QED) is 0.380. The zero-order valence-corrected chi connectivity index (χ0v) is 5.84. The smallest absolute Gasteiger partial charge is 0.346 e. The van der Waals surface area contributed by atoms with Crippen molar-refractivity contribution < 1.29 is 4.92 Å². The first kappa shape index (κ1) is 7.07. The third kappa shape index (κ3) is 1.10. The predicted molar refractivity (Wildman–Crippen MR) is 37.9 cm³/mol. The van der Waals surface area contributed by atoms with Gasteiger partial charge in [0.1, 0.15) is 0 Å². The van der Waals surface area contributed by atoms with Crippen molar-refractivity contribution in [2.75, 3.05) is 0 Å². The minimum atomic E-state index is -0.515. The highest BCUT2D eigenvalue weighted by molar-refractivity contribution is 7.79. The van der Waals surface area contributed by atoms with E-state index in [0.29, 0.717) is 11.3 Å². The molecule has 1 heterocycles. The lowest BCUT2D eigenvalue weighted by Crippen LogP contribution is -1.90. The lowest BCUT2D eigenvalue weighted by Gasteiger charge is -1.90. The van der Waals surface area contributed by atoms with E-state index in [4.69, 9.17) is 0 Å². The average Bonchev–Trinajstić information content (AvgIpc) is 2.33. The van der Waals surface area contributed by atoms with Crippen molar-refractivity contribution in [3.05, 3.63) is 21.9 Å². The summed E-state index contributed by atoms with van der Waals surface area (Å²) in [6, 6.07) is 0. The van der Waals surface area contributed by atoms with Crippen molar-refractivity contribution in [2.45, 2.75) is 5.75 Å². The van der Waals surface area contributed by atoms with E-state index in [0.717, 1.165) is 0 Å². The Balaban J connectivity index is 3.01. The molecule has 0 atom stereocenters. The summed E-state index contributed by atoms with van der Waals surface area (Å²) in [5.41, 5.74) is 0.508. The summed E-state index contributed by atoms with van der Waals surface area (Å²) in [4.78, 5) is 9.63. The van der Waals surface area contributed by atoms with Gasteiger partial charge in [0.25, 0.3) is 0 Å². The molecule has 5 nitrogen and oxygen atoms in total. The lowest BCUT2D eigenvalue weighted by atomic mass is 10.4. The molecular formula is C4H5N3O2S. The molecular weight excluding hydrogens is 154 g/mol. The van der Waals surface area contributed by atoms with Crippen LogP contribution in [0.2, 0.25) is 0 Å². The molecule has 1 aromatic heterocycles. The zero-order valence-electron chi connectivity index (χ0n) is 4.94. The first-order valence-electron chi connectivity index (χ1n) is 2.53. The molecule has 0 bridgehead atoms. The Morgan fingerprint density at radius 1 is 1.90 bits per heavy atom. The second kappa shape index (κ2) is 2.70. The lowest BCUT2D eigenvalue weighted by molar-refractivity contribution is -0.390. The molecule has 0 saturated heterocycles. The van der Waals surface area contributed by atoms with Crippen molar-refractivity contribution in [1.29, 1.82) is 0 Å². The number of thiol groups is 1. The van der Waals surface area contributed by atoms with Crippen LogP contribution in [0.3, 0.4) is 0 Å². The fourth-order valence-electron chi connectivity index (χ4n) is 0.578. The van der Waals surface area contributed by atoms with Crippen LogP contribution < -0.4 is 0 Å². The molecule has 6 heteroatoms. The normalized spacial score (nSPS) is 9.70. The zero-order chi connectivity index (χ0) is 7.56. The van der Waals surface area contributed by atoms with Crippen molar-refractivity contribution in [2.24, 2.45) is 0 Å². The highest BCUT2D eigenvalue weighted by Gasteiger charge is 2.11. The summed E-state index contributed by atoms with van der Waals surface area (Å²) in [5.74, 6) is 0.252. The SMILES string of the molecule is O=[N+]([O-])c1[nH]ncc1CS. The Labute approximate surface area is 62.0 Å². The molecule has 0 amide bonds. The average molecular weight is 159 g/mol. The third-order valence-corrected chi connectivity index (χ3v) is 1.39. The van der Waals surface area contributed by atoms with Crippen molar-refractivity contribution in [3.8, 4) is 0 Å².